The highest BCUT2D eigenvalue weighted by molar-refractivity contribution is 7.15. The number of anilines is 1. The van der Waals surface area contributed by atoms with Gasteiger partial charge in [0.25, 0.3) is 4.96 Å². The topological polar surface area (TPSA) is 102 Å². The minimum absolute atomic E-state index is 0.0123. The Morgan fingerprint density at radius 3 is 2.81 bits per heavy atom. The van der Waals surface area contributed by atoms with Gasteiger partial charge in [-0.2, -0.15) is 9.38 Å². The van der Waals surface area contributed by atoms with Crippen molar-refractivity contribution in [2.75, 3.05) is 25.0 Å². The maximum absolute atomic E-state index is 11.4. The third kappa shape index (κ3) is 3.67. The number of nitrogens with one attached hydrogen (secondary N) is 1. The highest BCUT2D eigenvalue weighted by atomic mass is 32.1. The van der Waals surface area contributed by atoms with Gasteiger partial charge in [-0.05, 0) is 50.6 Å². The van der Waals surface area contributed by atoms with Crippen molar-refractivity contribution in [1.29, 1.82) is 0 Å². The Morgan fingerprint density at radius 1 is 1.37 bits per heavy atom. The Morgan fingerprint density at radius 2 is 2.15 bits per heavy atom. The van der Waals surface area contributed by atoms with Gasteiger partial charge >= 0.3 is 5.82 Å². The van der Waals surface area contributed by atoms with E-state index in [4.69, 9.17) is 4.42 Å². The molecule has 0 atom stereocenters. The van der Waals surface area contributed by atoms with Crippen LogP contribution in [0.15, 0.2) is 16.0 Å². The van der Waals surface area contributed by atoms with Crippen LogP contribution in [0, 0.1) is 29.9 Å². The first-order valence-corrected chi connectivity index (χ1v) is 9.88. The maximum atomic E-state index is 11.4. The molecule has 0 aliphatic carbocycles. The fraction of sp³-hybridized carbons (Fsp3) is 0.529. The van der Waals surface area contributed by atoms with Crippen molar-refractivity contribution in [2.45, 2.75) is 33.2 Å². The second-order valence-corrected chi connectivity index (χ2v) is 7.82. The lowest BCUT2D eigenvalue weighted by atomic mass is 9.97. The number of oxazole rings is 1. The third-order valence-electron chi connectivity index (χ3n) is 5.11. The zero-order valence-electron chi connectivity index (χ0n) is 15.3. The van der Waals surface area contributed by atoms with Crippen LogP contribution in [0.25, 0.3) is 4.96 Å². The molecule has 1 aliphatic heterocycles. The van der Waals surface area contributed by atoms with Crippen molar-refractivity contribution in [2.24, 2.45) is 5.92 Å². The molecule has 4 rings (SSSR count). The van der Waals surface area contributed by atoms with E-state index >= 15 is 0 Å². The highest BCUT2D eigenvalue weighted by Crippen LogP contribution is 2.29. The minimum atomic E-state index is -0.377. The number of imidazole rings is 1. The van der Waals surface area contributed by atoms with Crippen molar-refractivity contribution >= 4 is 27.9 Å². The van der Waals surface area contributed by atoms with Crippen molar-refractivity contribution in [3.63, 3.8) is 0 Å². The fourth-order valence-corrected chi connectivity index (χ4v) is 4.16. The second kappa shape index (κ2) is 7.28. The number of hydrogen-bond donors (Lipinski definition) is 1. The molecule has 1 fully saturated rings. The van der Waals surface area contributed by atoms with Crippen LogP contribution in [0.2, 0.25) is 0 Å². The van der Waals surface area contributed by atoms with E-state index in [-0.39, 0.29) is 10.7 Å². The van der Waals surface area contributed by atoms with Gasteiger partial charge in [0.2, 0.25) is 11.7 Å². The van der Waals surface area contributed by atoms with Crippen LogP contribution >= 0.6 is 11.3 Å². The summed E-state index contributed by atoms with van der Waals surface area (Å²) in [7, 11) is 0. The Kier molecular flexibility index (Phi) is 4.83. The van der Waals surface area contributed by atoms with Gasteiger partial charge in [-0.3, -0.25) is 4.90 Å². The zero-order chi connectivity index (χ0) is 19.0. The summed E-state index contributed by atoms with van der Waals surface area (Å²) in [6.45, 7) is 7.25. The van der Waals surface area contributed by atoms with Gasteiger partial charge in [0.1, 0.15) is 12.0 Å². The summed E-state index contributed by atoms with van der Waals surface area (Å²) in [5.74, 6) is 2.49. The first-order chi connectivity index (χ1) is 13.0. The lowest BCUT2D eigenvalue weighted by Crippen LogP contribution is -2.35. The van der Waals surface area contributed by atoms with Crippen LogP contribution in [-0.4, -0.2) is 43.8 Å². The molecule has 0 bridgehead atoms. The van der Waals surface area contributed by atoms with Crippen LogP contribution in [-0.2, 0) is 6.54 Å². The highest BCUT2D eigenvalue weighted by Gasteiger charge is 2.25. The molecule has 0 unspecified atom stereocenters. The smallest absolute Gasteiger partial charge is 0.372 e. The maximum Gasteiger partial charge on any atom is 0.372 e. The standard InChI is InChI=1S/C17H22N6O3S/c1-11-12(2)26-14(19-11)10-21-5-3-13(4-6-21)9-18-15-16(23(24)25)22-7-8-27-17(22)20-15/h7-8,13,18H,3-6,9-10H2,1-2H3. The molecule has 3 aromatic rings. The number of aryl methyl sites for hydroxylation is 2. The van der Waals surface area contributed by atoms with Crippen LogP contribution in [0.1, 0.15) is 30.2 Å². The van der Waals surface area contributed by atoms with E-state index in [1.165, 1.54) is 15.7 Å². The number of fused-ring (bicyclic) bond motifs is 1. The fourth-order valence-electron chi connectivity index (χ4n) is 3.45. The number of likely N-dealkylation sites (tertiary alicyclic amines) is 1. The van der Waals surface area contributed by atoms with Gasteiger partial charge in [0.05, 0.1) is 12.2 Å². The molecule has 0 radical (unpaired) electrons. The molecule has 3 aromatic heterocycles. The average molecular weight is 390 g/mol. The van der Waals surface area contributed by atoms with Gasteiger partial charge in [-0.1, -0.05) is 11.3 Å². The predicted molar refractivity (Wildman–Crippen MR) is 102 cm³/mol. The van der Waals surface area contributed by atoms with Crippen LogP contribution < -0.4 is 5.32 Å². The Bertz CT molecular complexity index is 934. The molecule has 9 nitrogen and oxygen atoms in total. The van der Waals surface area contributed by atoms with Gasteiger partial charge in [0, 0.05) is 11.9 Å². The summed E-state index contributed by atoms with van der Waals surface area (Å²) < 4.78 is 7.19. The lowest BCUT2D eigenvalue weighted by molar-refractivity contribution is -0.389. The number of aromatic nitrogens is 3. The molecule has 0 spiro atoms. The molecular formula is C17H22N6O3S. The number of thiazole rings is 1. The zero-order valence-corrected chi connectivity index (χ0v) is 16.2. The first kappa shape index (κ1) is 17.9. The van der Waals surface area contributed by atoms with E-state index in [0.29, 0.717) is 23.2 Å². The molecule has 4 heterocycles. The molecule has 27 heavy (non-hydrogen) atoms. The minimum Gasteiger partial charge on any atom is -0.444 e. The van der Waals surface area contributed by atoms with Crippen LogP contribution in [0.4, 0.5) is 11.6 Å². The summed E-state index contributed by atoms with van der Waals surface area (Å²) in [6.07, 6.45) is 3.74. The van der Waals surface area contributed by atoms with Crippen molar-refractivity contribution in [3.8, 4) is 0 Å². The summed E-state index contributed by atoms with van der Waals surface area (Å²) >= 11 is 1.39. The molecule has 1 aliphatic rings. The summed E-state index contributed by atoms with van der Waals surface area (Å²) in [5.41, 5.74) is 0.950. The summed E-state index contributed by atoms with van der Waals surface area (Å²) in [6, 6.07) is 0. The van der Waals surface area contributed by atoms with E-state index < -0.39 is 0 Å². The molecular weight excluding hydrogens is 368 g/mol. The van der Waals surface area contributed by atoms with Gasteiger partial charge < -0.3 is 19.8 Å². The van der Waals surface area contributed by atoms with Crippen LogP contribution in [0.5, 0.6) is 0 Å². The third-order valence-corrected chi connectivity index (χ3v) is 5.86. The summed E-state index contributed by atoms with van der Waals surface area (Å²) in [4.78, 5) is 22.8. The number of hydrogen-bond acceptors (Lipinski definition) is 8. The van der Waals surface area contributed by atoms with E-state index in [9.17, 15) is 10.1 Å². The normalized spacial score (nSPS) is 16.2. The van der Waals surface area contributed by atoms with Gasteiger partial charge in [-0.25, -0.2) is 4.98 Å². The molecule has 1 N–H and O–H groups in total. The Hall–Kier alpha value is -2.46. The lowest BCUT2D eigenvalue weighted by Gasteiger charge is -2.31. The van der Waals surface area contributed by atoms with Crippen molar-refractivity contribution in [1.82, 2.24) is 19.3 Å². The molecule has 10 heteroatoms. The van der Waals surface area contributed by atoms with E-state index in [2.05, 4.69) is 20.2 Å². The van der Waals surface area contributed by atoms with E-state index in [0.717, 1.165) is 49.8 Å². The monoisotopic (exact) mass is 390 g/mol. The number of nitro groups is 1. The van der Waals surface area contributed by atoms with Gasteiger partial charge in [-0.15, -0.1) is 0 Å². The quantitative estimate of drug-likeness (QED) is 0.509. The molecule has 1 saturated heterocycles. The van der Waals surface area contributed by atoms with Crippen molar-refractivity contribution in [3.05, 3.63) is 39.0 Å². The average Bonchev–Trinajstić information content (AvgIpc) is 3.29. The molecule has 0 saturated carbocycles. The predicted octanol–water partition coefficient (Wildman–Crippen LogP) is 3.23. The number of piperidine rings is 1. The SMILES string of the molecule is Cc1nc(CN2CCC(CNc3nc4sccn4c3[N+](=O)[O-])CC2)oc1C. The van der Waals surface area contributed by atoms with E-state index in [1.807, 2.05) is 13.8 Å². The Labute approximate surface area is 160 Å². The van der Waals surface area contributed by atoms with E-state index in [1.54, 1.807) is 11.6 Å². The summed E-state index contributed by atoms with van der Waals surface area (Å²) in [5, 5.41) is 16.4. The van der Waals surface area contributed by atoms with Gasteiger partial charge in [0.15, 0.2) is 0 Å². The first-order valence-electron chi connectivity index (χ1n) is 9.00. The van der Waals surface area contributed by atoms with Crippen molar-refractivity contribution < 1.29 is 9.34 Å². The molecule has 144 valence electrons. The molecule has 0 amide bonds. The molecule has 0 aromatic carbocycles. The number of rotatable bonds is 6. The number of nitrogens with zero attached hydrogens (tertiary/aromatic N) is 5. The second-order valence-electron chi connectivity index (χ2n) is 6.95. The van der Waals surface area contributed by atoms with Crippen LogP contribution in [0.3, 0.4) is 0 Å². The Balaban J connectivity index is 1.31. The largest absolute Gasteiger partial charge is 0.444 e.